The van der Waals surface area contributed by atoms with Crippen LogP contribution in [-0.4, -0.2) is 52.9 Å². The van der Waals surface area contributed by atoms with Crippen LogP contribution in [0.3, 0.4) is 0 Å². The number of likely N-dealkylation sites (N-methyl/N-ethyl adjacent to an activating group) is 1. The normalized spacial score (nSPS) is 30.8. The summed E-state index contributed by atoms with van der Waals surface area (Å²) in [6.45, 7) is 2.36. The molecule has 7 heteroatoms. The third-order valence-corrected chi connectivity index (χ3v) is 6.12. The number of carbonyl (C=O) groups is 3. The van der Waals surface area contributed by atoms with Crippen molar-refractivity contribution in [1.29, 1.82) is 0 Å². The van der Waals surface area contributed by atoms with E-state index in [1.165, 1.54) is 19.3 Å². The maximum absolute atomic E-state index is 12.7. The van der Waals surface area contributed by atoms with Crippen LogP contribution in [0, 0.1) is 5.92 Å². The standard InChI is InChI=1S/C18H30N4O3/c1-13-8-10-18(11-9-13)16(24)22(17(25)19-18)20-15(23)12-21(2)14-6-4-3-5-7-14/h13-14H,3-12H2,1-2H3,(H,19,25)(H,20,23). The van der Waals surface area contributed by atoms with Gasteiger partial charge in [0.25, 0.3) is 11.8 Å². The molecule has 3 rings (SSSR count). The Morgan fingerprint density at radius 2 is 1.84 bits per heavy atom. The summed E-state index contributed by atoms with van der Waals surface area (Å²) in [6, 6.07) is -0.0954. The lowest BCUT2D eigenvalue weighted by atomic mass is 9.77. The summed E-state index contributed by atoms with van der Waals surface area (Å²) in [6.07, 6.45) is 8.99. The zero-order valence-corrected chi connectivity index (χ0v) is 15.3. The summed E-state index contributed by atoms with van der Waals surface area (Å²) in [5, 5.41) is 3.72. The highest BCUT2D eigenvalue weighted by Gasteiger charge is 2.52. The molecule has 140 valence electrons. The molecule has 1 saturated heterocycles. The first-order valence-corrected chi connectivity index (χ1v) is 9.58. The van der Waals surface area contributed by atoms with Crippen molar-refractivity contribution in [2.75, 3.05) is 13.6 Å². The zero-order chi connectivity index (χ0) is 18.0. The Kier molecular flexibility index (Phi) is 5.32. The van der Waals surface area contributed by atoms with Gasteiger partial charge in [0.05, 0.1) is 6.54 Å². The molecule has 2 saturated carbocycles. The molecule has 0 unspecified atom stereocenters. The Morgan fingerprint density at radius 3 is 2.48 bits per heavy atom. The van der Waals surface area contributed by atoms with Gasteiger partial charge in [-0.05, 0) is 51.5 Å². The van der Waals surface area contributed by atoms with Crippen LogP contribution in [0.15, 0.2) is 0 Å². The van der Waals surface area contributed by atoms with Crippen molar-refractivity contribution >= 4 is 17.8 Å². The lowest BCUT2D eigenvalue weighted by Crippen LogP contribution is -2.53. The van der Waals surface area contributed by atoms with Gasteiger partial charge in [-0.1, -0.05) is 26.2 Å². The number of imide groups is 1. The molecule has 25 heavy (non-hydrogen) atoms. The van der Waals surface area contributed by atoms with Crippen molar-refractivity contribution in [2.45, 2.75) is 76.3 Å². The van der Waals surface area contributed by atoms with Gasteiger partial charge in [-0.15, -0.1) is 0 Å². The molecule has 0 aromatic rings. The minimum Gasteiger partial charge on any atom is -0.322 e. The van der Waals surface area contributed by atoms with Crippen molar-refractivity contribution in [3.05, 3.63) is 0 Å². The number of rotatable bonds is 4. The summed E-state index contributed by atoms with van der Waals surface area (Å²) in [7, 11) is 1.94. The van der Waals surface area contributed by atoms with E-state index in [2.05, 4.69) is 17.7 Å². The van der Waals surface area contributed by atoms with Crippen LogP contribution in [0.2, 0.25) is 0 Å². The quantitative estimate of drug-likeness (QED) is 0.757. The first-order chi connectivity index (χ1) is 11.9. The van der Waals surface area contributed by atoms with Gasteiger partial charge < -0.3 is 5.32 Å². The van der Waals surface area contributed by atoms with Crippen LogP contribution < -0.4 is 10.7 Å². The Bertz CT molecular complexity index is 536. The first kappa shape index (κ1) is 18.2. The minimum atomic E-state index is -0.813. The van der Waals surface area contributed by atoms with E-state index in [0.29, 0.717) is 24.8 Å². The monoisotopic (exact) mass is 350 g/mol. The minimum absolute atomic E-state index is 0.200. The number of amides is 4. The Morgan fingerprint density at radius 1 is 1.20 bits per heavy atom. The lowest BCUT2D eigenvalue weighted by molar-refractivity contribution is -0.140. The van der Waals surface area contributed by atoms with Crippen LogP contribution in [0.4, 0.5) is 4.79 Å². The van der Waals surface area contributed by atoms with E-state index in [1.807, 2.05) is 11.9 Å². The number of nitrogens with one attached hydrogen (secondary N) is 2. The Balaban J connectivity index is 1.55. The van der Waals surface area contributed by atoms with E-state index in [-0.39, 0.29) is 18.4 Å². The molecule has 1 aliphatic heterocycles. The van der Waals surface area contributed by atoms with Gasteiger partial charge in [-0.2, -0.15) is 5.01 Å². The van der Waals surface area contributed by atoms with E-state index in [1.54, 1.807) is 0 Å². The topological polar surface area (TPSA) is 81.8 Å². The second-order valence-corrected chi connectivity index (χ2v) is 8.08. The number of hydrogen-bond acceptors (Lipinski definition) is 4. The van der Waals surface area contributed by atoms with E-state index >= 15 is 0 Å². The number of carbonyl (C=O) groups excluding carboxylic acids is 3. The molecule has 0 atom stereocenters. The Hall–Kier alpha value is -1.63. The number of urea groups is 1. The van der Waals surface area contributed by atoms with Crippen LogP contribution >= 0.6 is 0 Å². The van der Waals surface area contributed by atoms with Crippen LogP contribution in [-0.2, 0) is 9.59 Å². The molecule has 3 fully saturated rings. The summed E-state index contributed by atoms with van der Waals surface area (Å²) < 4.78 is 0. The van der Waals surface area contributed by atoms with Gasteiger partial charge >= 0.3 is 6.03 Å². The van der Waals surface area contributed by atoms with Gasteiger partial charge in [-0.25, -0.2) is 4.79 Å². The summed E-state index contributed by atoms with van der Waals surface area (Å²) in [4.78, 5) is 39.3. The van der Waals surface area contributed by atoms with E-state index in [4.69, 9.17) is 0 Å². The first-order valence-electron chi connectivity index (χ1n) is 9.58. The molecular weight excluding hydrogens is 320 g/mol. The van der Waals surface area contributed by atoms with E-state index in [9.17, 15) is 14.4 Å². The molecule has 0 radical (unpaired) electrons. The molecule has 4 amide bonds. The molecule has 3 aliphatic rings. The smallest absolute Gasteiger partial charge is 0.322 e. The van der Waals surface area contributed by atoms with Gasteiger partial charge in [0.15, 0.2) is 0 Å². The van der Waals surface area contributed by atoms with Crippen molar-refractivity contribution in [3.63, 3.8) is 0 Å². The van der Waals surface area contributed by atoms with Crippen molar-refractivity contribution in [3.8, 4) is 0 Å². The highest BCUT2D eigenvalue weighted by atomic mass is 16.2. The molecule has 0 bridgehead atoms. The molecule has 7 nitrogen and oxygen atoms in total. The SMILES string of the molecule is CC1CCC2(CC1)NC(=O)N(NC(=O)CN(C)C1CCCCC1)C2=O. The highest BCUT2D eigenvalue weighted by Crippen LogP contribution is 2.35. The van der Waals surface area contributed by atoms with Crippen molar-refractivity contribution < 1.29 is 14.4 Å². The van der Waals surface area contributed by atoms with Crippen molar-refractivity contribution in [2.24, 2.45) is 5.92 Å². The van der Waals surface area contributed by atoms with Crippen LogP contribution in [0.25, 0.3) is 0 Å². The van der Waals surface area contributed by atoms with Crippen molar-refractivity contribution in [1.82, 2.24) is 20.7 Å². The van der Waals surface area contributed by atoms with Gasteiger partial charge in [0.1, 0.15) is 5.54 Å². The molecule has 0 aromatic heterocycles. The van der Waals surface area contributed by atoms with Gasteiger partial charge in [0, 0.05) is 6.04 Å². The maximum Gasteiger partial charge on any atom is 0.344 e. The molecule has 2 N–H and O–H groups in total. The summed E-state index contributed by atoms with van der Waals surface area (Å²) in [5.74, 6) is -0.0426. The predicted octanol–water partition coefficient (Wildman–Crippen LogP) is 1.78. The number of hydrogen-bond donors (Lipinski definition) is 2. The molecule has 0 aromatic carbocycles. The highest BCUT2D eigenvalue weighted by molar-refractivity contribution is 6.08. The average Bonchev–Trinajstić information content (AvgIpc) is 2.83. The summed E-state index contributed by atoms with van der Waals surface area (Å²) >= 11 is 0. The maximum atomic E-state index is 12.7. The lowest BCUT2D eigenvalue weighted by Gasteiger charge is -2.33. The second kappa shape index (κ2) is 7.32. The van der Waals surface area contributed by atoms with Crippen LogP contribution in [0.1, 0.15) is 64.7 Å². The predicted molar refractivity (Wildman–Crippen MR) is 93.4 cm³/mol. The van der Waals surface area contributed by atoms with E-state index < -0.39 is 11.6 Å². The van der Waals surface area contributed by atoms with Gasteiger partial charge in [-0.3, -0.25) is 19.9 Å². The zero-order valence-electron chi connectivity index (χ0n) is 15.3. The molecule has 1 spiro atoms. The third kappa shape index (κ3) is 3.81. The Labute approximate surface area is 149 Å². The fourth-order valence-electron chi connectivity index (χ4n) is 4.35. The number of nitrogens with zero attached hydrogens (tertiary/aromatic N) is 2. The number of hydrazine groups is 1. The third-order valence-electron chi connectivity index (χ3n) is 6.12. The van der Waals surface area contributed by atoms with Gasteiger partial charge in [0.2, 0.25) is 0 Å². The fraction of sp³-hybridized carbons (Fsp3) is 0.833. The molecule has 1 heterocycles. The fourth-order valence-corrected chi connectivity index (χ4v) is 4.35. The van der Waals surface area contributed by atoms with E-state index in [0.717, 1.165) is 30.7 Å². The average molecular weight is 350 g/mol. The molecule has 2 aliphatic carbocycles. The van der Waals surface area contributed by atoms with Crippen LogP contribution in [0.5, 0.6) is 0 Å². The molecular formula is C18H30N4O3. The largest absolute Gasteiger partial charge is 0.344 e. The second-order valence-electron chi connectivity index (χ2n) is 8.08. The summed E-state index contributed by atoms with van der Waals surface area (Å²) in [5.41, 5.74) is 1.71.